The van der Waals surface area contributed by atoms with Crippen molar-refractivity contribution in [1.29, 1.82) is 0 Å². The average Bonchev–Trinajstić information content (AvgIpc) is 2.62. The van der Waals surface area contributed by atoms with E-state index in [-0.39, 0.29) is 18.1 Å². The van der Waals surface area contributed by atoms with Gasteiger partial charge in [-0.25, -0.2) is 9.78 Å². The Bertz CT molecular complexity index is 877. The summed E-state index contributed by atoms with van der Waals surface area (Å²) in [4.78, 5) is 51.3. The number of fused-ring (bicyclic) bond motifs is 1. The maximum atomic E-state index is 12.3. The van der Waals surface area contributed by atoms with Crippen LogP contribution in [0, 0.1) is 0 Å². The number of esters is 1. The molecular weight excluding hydrogens is 340 g/mol. The minimum Gasteiger partial charge on any atom is -0.454 e. The number of aromatic nitrogens is 2. The number of nitrogens with one attached hydrogen (secondary N) is 2. The number of nitrogens with zero attached hydrogens (tertiary/aromatic N) is 2. The van der Waals surface area contributed by atoms with Crippen LogP contribution in [-0.2, 0) is 20.9 Å². The maximum absolute atomic E-state index is 12.3. The predicted molar refractivity (Wildman–Crippen MR) is 93.4 cm³/mol. The van der Waals surface area contributed by atoms with Crippen molar-refractivity contribution in [1.82, 2.24) is 20.2 Å². The third kappa shape index (κ3) is 5.13. The number of amides is 3. The molecule has 1 aromatic carbocycles. The minimum absolute atomic E-state index is 0.0855. The zero-order valence-electron chi connectivity index (χ0n) is 14.5. The summed E-state index contributed by atoms with van der Waals surface area (Å²) < 4.78 is 5.88. The van der Waals surface area contributed by atoms with Crippen LogP contribution in [0.15, 0.2) is 35.4 Å². The molecule has 9 heteroatoms. The van der Waals surface area contributed by atoms with Crippen LogP contribution in [0.2, 0.25) is 0 Å². The molecule has 0 aliphatic heterocycles. The first-order chi connectivity index (χ1) is 12.4. The minimum atomic E-state index is -0.790. The highest BCUT2D eigenvalue weighted by atomic mass is 16.5. The van der Waals surface area contributed by atoms with Crippen LogP contribution in [0.3, 0.4) is 0 Å². The van der Waals surface area contributed by atoms with E-state index in [1.165, 1.54) is 6.33 Å². The highest BCUT2D eigenvalue weighted by Gasteiger charge is 2.13. The van der Waals surface area contributed by atoms with Gasteiger partial charge in [-0.2, -0.15) is 0 Å². The Morgan fingerprint density at radius 2 is 2.00 bits per heavy atom. The Hall–Kier alpha value is -3.23. The maximum Gasteiger partial charge on any atom is 0.326 e. The first kappa shape index (κ1) is 19.1. The summed E-state index contributed by atoms with van der Waals surface area (Å²) >= 11 is 0. The molecule has 0 aliphatic rings. The number of carbonyl (C=O) groups is 3. The quantitative estimate of drug-likeness (QED) is 0.727. The monoisotopic (exact) mass is 360 g/mol. The van der Waals surface area contributed by atoms with Crippen LogP contribution in [0.1, 0.15) is 20.3 Å². The van der Waals surface area contributed by atoms with E-state index in [1.54, 1.807) is 31.2 Å². The average molecular weight is 360 g/mol. The molecule has 0 saturated carbocycles. The summed E-state index contributed by atoms with van der Waals surface area (Å²) in [5.74, 6) is -1.55. The van der Waals surface area contributed by atoms with Gasteiger partial charge < -0.3 is 10.1 Å². The third-order valence-corrected chi connectivity index (χ3v) is 3.64. The Morgan fingerprint density at radius 1 is 1.27 bits per heavy atom. The van der Waals surface area contributed by atoms with Gasteiger partial charge in [-0.15, -0.1) is 0 Å². The Morgan fingerprint density at radius 3 is 2.73 bits per heavy atom. The summed E-state index contributed by atoms with van der Waals surface area (Å²) in [5.41, 5.74) is 0.138. The summed E-state index contributed by atoms with van der Waals surface area (Å²) in [6, 6.07) is 6.00. The van der Waals surface area contributed by atoms with Gasteiger partial charge >= 0.3 is 12.0 Å². The number of rotatable bonds is 6. The molecule has 0 saturated heterocycles. The molecule has 0 spiro atoms. The number of ether oxygens (including phenoxy) is 1. The van der Waals surface area contributed by atoms with Gasteiger partial charge in [0.05, 0.1) is 17.2 Å². The fourth-order valence-corrected chi connectivity index (χ4v) is 2.07. The number of benzene rings is 1. The number of hydrogen-bond donors (Lipinski definition) is 2. The molecule has 3 amide bonds. The molecule has 2 N–H and O–H groups in total. The van der Waals surface area contributed by atoms with E-state index in [1.807, 2.05) is 6.92 Å². The summed E-state index contributed by atoms with van der Waals surface area (Å²) in [6.07, 6.45) is 1.96. The number of para-hydroxylation sites is 1. The van der Waals surface area contributed by atoms with Gasteiger partial charge in [-0.05, 0) is 25.5 Å². The van der Waals surface area contributed by atoms with Gasteiger partial charge in [0.25, 0.3) is 11.5 Å². The number of urea groups is 1. The zero-order chi connectivity index (χ0) is 19.1. The van der Waals surface area contributed by atoms with Crippen LogP contribution in [0.4, 0.5) is 4.79 Å². The molecule has 138 valence electrons. The molecule has 0 unspecified atom stereocenters. The van der Waals surface area contributed by atoms with Crippen LogP contribution in [0.25, 0.3) is 10.9 Å². The van der Waals surface area contributed by atoms with Crippen molar-refractivity contribution in [2.45, 2.75) is 32.9 Å². The highest BCUT2D eigenvalue weighted by molar-refractivity contribution is 5.95. The number of carbonyl (C=O) groups excluding carboxylic acids is 3. The molecule has 1 aromatic heterocycles. The molecule has 0 bridgehead atoms. The van der Waals surface area contributed by atoms with Gasteiger partial charge in [0.15, 0.2) is 6.61 Å². The molecule has 0 fully saturated rings. The summed E-state index contributed by atoms with van der Waals surface area (Å²) in [5, 5.41) is 4.98. The van der Waals surface area contributed by atoms with Crippen molar-refractivity contribution in [3.05, 3.63) is 40.9 Å². The smallest absolute Gasteiger partial charge is 0.326 e. The number of imide groups is 1. The van der Waals surface area contributed by atoms with Crippen molar-refractivity contribution in [2.75, 3.05) is 6.61 Å². The van der Waals surface area contributed by atoms with Crippen LogP contribution in [0.5, 0.6) is 0 Å². The second kappa shape index (κ2) is 8.75. The molecule has 26 heavy (non-hydrogen) atoms. The van der Waals surface area contributed by atoms with Crippen molar-refractivity contribution in [2.24, 2.45) is 0 Å². The SMILES string of the molecule is CC[C@H](C)NC(=O)NC(=O)COC(=O)Cn1cnc2ccccc2c1=O. The number of hydrogen-bond acceptors (Lipinski definition) is 6. The van der Waals surface area contributed by atoms with Gasteiger partial charge in [0, 0.05) is 6.04 Å². The Kier molecular flexibility index (Phi) is 6.42. The summed E-state index contributed by atoms with van der Waals surface area (Å²) in [6.45, 7) is 2.67. The van der Waals surface area contributed by atoms with E-state index in [4.69, 9.17) is 4.74 Å². The third-order valence-electron chi connectivity index (χ3n) is 3.64. The fraction of sp³-hybridized carbons (Fsp3) is 0.353. The lowest BCUT2D eigenvalue weighted by atomic mass is 10.2. The van der Waals surface area contributed by atoms with E-state index in [2.05, 4.69) is 15.6 Å². The van der Waals surface area contributed by atoms with Crippen molar-refractivity contribution in [3.8, 4) is 0 Å². The first-order valence-electron chi connectivity index (χ1n) is 8.10. The largest absolute Gasteiger partial charge is 0.454 e. The van der Waals surface area contributed by atoms with Crippen LogP contribution >= 0.6 is 0 Å². The van der Waals surface area contributed by atoms with E-state index in [9.17, 15) is 19.2 Å². The summed E-state index contributed by atoms with van der Waals surface area (Å²) in [7, 11) is 0. The fourth-order valence-electron chi connectivity index (χ4n) is 2.07. The van der Waals surface area contributed by atoms with E-state index >= 15 is 0 Å². The lowest BCUT2D eigenvalue weighted by molar-refractivity contribution is -0.148. The molecule has 0 radical (unpaired) electrons. The molecule has 2 aromatic rings. The Labute approximate surface area is 149 Å². The van der Waals surface area contributed by atoms with Gasteiger partial charge in [0.2, 0.25) is 0 Å². The van der Waals surface area contributed by atoms with Crippen LogP contribution in [-0.4, -0.2) is 40.1 Å². The highest BCUT2D eigenvalue weighted by Crippen LogP contribution is 2.04. The van der Waals surface area contributed by atoms with Crippen molar-refractivity contribution >= 4 is 28.8 Å². The van der Waals surface area contributed by atoms with E-state index < -0.39 is 24.5 Å². The van der Waals surface area contributed by atoms with Gasteiger partial charge in [-0.3, -0.25) is 24.3 Å². The van der Waals surface area contributed by atoms with Crippen molar-refractivity contribution < 1.29 is 19.1 Å². The lowest BCUT2D eigenvalue weighted by Crippen LogP contribution is -2.44. The zero-order valence-corrected chi connectivity index (χ0v) is 14.5. The molecule has 1 atom stereocenters. The second-order valence-electron chi connectivity index (χ2n) is 5.69. The van der Waals surface area contributed by atoms with Gasteiger partial charge in [-0.1, -0.05) is 19.1 Å². The lowest BCUT2D eigenvalue weighted by Gasteiger charge is -2.12. The van der Waals surface area contributed by atoms with Gasteiger partial charge in [0.1, 0.15) is 6.54 Å². The second-order valence-corrected chi connectivity index (χ2v) is 5.69. The first-order valence-corrected chi connectivity index (χ1v) is 8.10. The molecule has 1 heterocycles. The Balaban J connectivity index is 1.87. The molecule has 2 rings (SSSR count). The standard InChI is InChI=1S/C17H20N4O5/c1-3-11(2)19-17(25)20-14(22)9-26-15(23)8-21-10-18-13-7-5-4-6-12(13)16(21)24/h4-7,10-11H,3,8-9H2,1-2H3,(H2,19,20,22,25)/t11-/m0/s1. The normalized spacial score (nSPS) is 11.6. The molecule has 9 nitrogen and oxygen atoms in total. The van der Waals surface area contributed by atoms with Crippen molar-refractivity contribution in [3.63, 3.8) is 0 Å². The van der Waals surface area contributed by atoms with E-state index in [0.717, 1.165) is 4.57 Å². The topological polar surface area (TPSA) is 119 Å². The predicted octanol–water partition coefficient (Wildman–Crippen LogP) is 0.564. The van der Waals surface area contributed by atoms with E-state index in [0.29, 0.717) is 17.3 Å². The van der Waals surface area contributed by atoms with Crippen LogP contribution < -0.4 is 16.2 Å². The molecule has 0 aliphatic carbocycles. The molecular formula is C17H20N4O5.